The summed E-state index contributed by atoms with van der Waals surface area (Å²) in [6, 6.07) is 5.47. The van der Waals surface area contributed by atoms with Gasteiger partial charge in [0.2, 0.25) is 0 Å². The van der Waals surface area contributed by atoms with Crippen LogP contribution in [0.1, 0.15) is 37.0 Å². The number of carbonyl (C=O) groups excluding carboxylic acids is 1. The van der Waals surface area contributed by atoms with Gasteiger partial charge in [-0.3, -0.25) is 4.79 Å². The van der Waals surface area contributed by atoms with Gasteiger partial charge in [-0.15, -0.1) is 0 Å². The van der Waals surface area contributed by atoms with Gasteiger partial charge in [0.05, 0.1) is 0 Å². The molecule has 0 saturated carbocycles. The second kappa shape index (κ2) is 7.19. The Morgan fingerprint density at radius 3 is 2.45 bits per heavy atom. The van der Waals surface area contributed by atoms with Crippen molar-refractivity contribution in [3.63, 3.8) is 0 Å². The fourth-order valence-electron chi connectivity index (χ4n) is 1.71. The monoisotopic (exact) mass is 287 g/mol. The van der Waals surface area contributed by atoms with Crippen molar-refractivity contribution in [3.05, 3.63) is 29.8 Å². The van der Waals surface area contributed by atoms with Crippen molar-refractivity contribution in [2.24, 2.45) is 0 Å². The molecule has 1 unspecified atom stereocenters. The largest absolute Gasteiger partial charge is 0.435 e. The van der Waals surface area contributed by atoms with E-state index in [1.165, 1.54) is 24.3 Å². The number of carbonyl (C=O) groups is 1. The zero-order valence-electron chi connectivity index (χ0n) is 11.5. The van der Waals surface area contributed by atoms with Gasteiger partial charge in [0.25, 0.3) is 5.91 Å². The summed E-state index contributed by atoms with van der Waals surface area (Å²) in [5.41, 5.74) is -0.145. The Kier molecular flexibility index (Phi) is 5.88. The minimum atomic E-state index is -2.89. The van der Waals surface area contributed by atoms with Crippen LogP contribution < -0.4 is 10.1 Å². The number of aliphatic hydroxyl groups is 1. The van der Waals surface area contributed by atoms with Gasteiger partial charge in [-0.25, -0.2) is 0 Å². The van der Waals surface area contributed by atoms with Crippen molar-refractivity contribution in [1.29, 1.82) is 0 Å². The van der Waals surface area contributed by atoms with E-state index in [9.17, 15) is 13.6 Å². The molecular weight excluding hydrogens is 268 g/mol. The fraction of sp³-hybridized carbons (Fsp3) is 0.500. The van der Waals surface area contributed by atoms with E-state index in [1.807, 2.05) is 13.8 Å². The molecule has 1 rings (SSSR count). The summed E-state index contributed by atoms with van der Waals surface area (Å²) in [4.78, 5) is 12.0. The van der Waals surface area contributed by atoms with E-state index in [-0.39, 0.29) is 18.3 Å². The van der Waals surface area contributed by atoms with Gasteiger partial charge in [-0.2, -0.15) is 8.78 Å². The molecule has 0 aliphatic carbocycles. The molecule has 2 N–H and O–H groups in total. The maximum Gasteiger partial charge on any atom is 0.387 e. The molecule has 0 heterocycles. The molecule has 6 heteroatoms. The van der Waals surface area contributed by atoms with E-state index < -0.39 is 12.2 Å². The molecule has 1 amide bonds. The fourth-order valence-corrected chi connectivity index (χ4v) is 1.71. The first-order valence-electron chi connectivity index (χ1n) is 6.38. The van der Waals surface area contributed by atoms with E-state index >= 15 is 0 Å². The molecule has 0 fully saturated rings. The molecule has 0 aromatic heterocycles. The molecule has 0 spiro atoms. The lowest BCUT2D eigenvalue weighted by atomic mass is 9.94. The number of hydrogen-bond acceptors (Lipinski definition) is 3. The normalized spacial score (nSPS) is 13.9. The molecule has 4 nitrogen and oxygen atoms in total. The van der Waals surface area contributed by atoms with Crippen LogP contribution in [0.5, 0.6) is 5.75 Å². The third-order valence-corrected chi connectivity index (χ3v) is 3.20. The first kappa shape index (κ1) is 16.4. The highest BCUT2D eigenvalue weighted by Crippen LogP contribution is 2.17. The third-order valence-electron chi connectivity index (χ3n) is 3.20. The molecule has 0 aliphatic heterocycles. The number of alkyl halides is 2. The van der Waals surface area contributed by atoms with Crippen molar-refractivity contribution in [2.75, 3.05) is 6.61 Å². The Morgan fingerprint density at radius 1 is 1.40 bits per heavy atom. The smallest absolute Gasteiger partial charge is 0.387 e. The molecule has 0 saturated heterocycles. The second-order valence-corrected chi connectivity index (χ2v) is 4.74. The van der Waals surface area contributed by atoms with Gasteiger partial charge in [-0.1, -0.05) is 6.92 Å². The zero-order valence-corrected chi connectivity index (χ0v) is 11.5. The van der Waals surface area contributed by atoms with E-state index in [0.717, 1.165) is 0 Å². The number of aliphatic hydroxyl groups excluding tert-OH is 1. The highest BCUT2D eigenvalue weighted by Gasteiger charge is 2.24. The Morgan fingerprint density at radius 2 is 2.00 bits per heavy atom. The molecule has 1 aromatic carbocycles. The van der Waals surface area contributed by atoms with Crippen LogP contribution in [-0.4, -0.2) is 29.8 Å². The van der Waals surface area contributed by atoms with Crippen LogP contribution in [0.25, 0.3) is 0 Å². The average Bonchev–Trinajstić information content (AvgIpc) is 2.39. The van der Waals surface area contributed by atoms with E-state index in [4.69, 9.17) is 5.11 Å². The number of rotatable bonds is 7. The minimum absolute atomic E-state index is 0.00478. The molecule has 0 radical (unpaired) electrons. The van der Waals surface area contributed by atoms with Crippen LogP contribution >= 0.6 is 0 Å². The average molecular weight is 287 g/mol. The van der Waals surface area contributed by atoms with Gasteiger partial charge in [0.1, 0.15) is 5.75 Å². The van der Waals surface area contributed by atoms with Crippen LogP contribution in [-0.2, 0) is 0 Å². The van der Waals surface area contributed by atoms with Crippen LogP contribution in [0.3, 0.4) is 0 Å². The van der Waals surface area contributed by atoms with Crippen molar-refractivity contribution in [2.45, 2.75) is 38.8 Å². The Balaban J connectivity index is 2.72. The van der Waals surface area contributed by atoms with Crippen LogP contribution in [0, 0.1) is 0 Å². The third kappa shape index (κ3) is 4.77. The number of amides is 1. The Labute approximate surface area is 116 Å². The number of halogens is 2. The Bertz CT molecular complexity index is 437. The number of benzene rings is 1. The summed E-state index contributed by atoms with van der Waals surface area (Å²) in [5.74, 6) is -0.309. The topological polar surface area (TPSA) is 58.6 Å². The first-order chi connectivity index (χ1) is 9.40. The number of nitrogens with one attached hydrogen (secondary N) is 1. The molecule has 112 valence electrons. The summed E-state index contributed by atoms with van der Waals surface area (Å²) < 4.78 is 28.2. The predicted octanol–water partition coefficient (Wildman–Crippen LogP) is 2.57. The first-order valence-corrected chi connectivity index (χ1v) is 6.38. The molecule has 0 aliphatic rings. The summed E-state index contributed by atoms with van der Waals surface area (Å²) in [6.45, 7) is 0.846. The lowest BCUT2D eigenvalue weighted by Gasteiger charge is -2.29. The molecule has 20 heavy (non-hydrogen) atoms. The molecular formula is C14H19F2NO3. The van der Waals surface area contributed by atoms with Crippen LogP contribution in [0.15, 0.2) is 24.3 Å². The maximum atomic E-state index is 12.0. The summed E-state index contributed by atoms with van der Waals surface area (Å²) in [6.07, 6.45) is 1.12. The highest BCUT2D eigenvalue weighted by molar-refractivity contribution is 5.94. The summed E-state index contributed by atoms with van der Waals surface area (Å²) in [5, 5.41) is 11.8. The minimum Gasteiger partial charge on any atom is -0.435 e. The molecule has 1 aromatic rings. The second-order valence-electron chi connectivity index (χ2n) is 4.74. The SMILES string of the molecule is CCC(C)(CCO)NC(=O)c1ccc(OC(F)F)cc1. The summed E-state index contributed by atoms with van der Waals surface area (Å²) >= 11 is 0. The van der Waals surface area contributed by atoms with Gasteiger partial charge < -0.3 is 15.2 Å². The van der Waals surface area contributed by atoms with Crippen molar-refractivity contribution in [3.8, 4) is 5.75 Å². The standard InChI is InChI=1S/C14H19F2NO3/c1-3-14(2,8-9-18)17-12(19)10-4-6-11(7-5-10)20-13(15)16/h4-7,13,18H,3,8-9H2,1-2H3,(H,17,19). The summed E-state index contributed by atoms with van der Waals surface area (Å²) in [7, 11) is 0. The Hall–Kier alpha value is -1.69. The quantitative estimate of drug-likeness (QED) is 0.810. The van der Waals surface area contributed by atoms with Crippen LogP contribution in [0.4, 0.5) is 8.78 Å². The predicted molar refractivity (Wildman–Crippen MR) is 70.9 cm³/mol. The van der Waals surface area contributed by atoms with Gasteiger partial charge in [-0.05, 0) is 44.0 Å². The van der Waals surface area contributed by atoms with Crippen molar-refractivity contribution in [1.82, 2.24) is 5.32 Å². The van der Waals surface area contributed by atoms with Gasteiger partial charge >= 0.3 is 6.61 Å². The lowest BCUT2D eigenvalue weighted by Crippen LogP contribution is -2.46. The van der Waals surface area contributed by atoms with E-state index in [2.05, 4.69) is 10.1 Å². The van der Waals surface area contributed by atoms with Crippen molar-refractivity contribution >= 4 is 5.91 Å². The number of hydrogen-bond donors (Lipinski definition) is 2. The van der Waals surface area contributed by atoms with E-state index in [0.29, 0.717) is 18.4 Å². The van der Waals surface area contributed by atoms with Gasteiger partial charge in [0.15, 0.2) is 0 Å². The zero-order chi connectivity index (χ0) is 15.2. The number of ether oxygens (including phenoxy) is 1. The molecule has 0 bridgehead atoms. The molecule has 1 atom stereocenters. The van der Waals surface area contributed by atoms with Gasteiger partial charge in [0, 0.05) is 17.7 Å². The maximum absolute atomic E-state index is 12.0. The van der Waals surface area contributed by atoms with E-state index in [1.54, 1.807) is 0 Å². The van der Waals surface area contributed by atoms with Crippen molar-refractivity contribution < 1.29 is 23.4 Å². The highest BCUT2D eigenvalue weighted by atomic mass is 19.3. The lowest BCUT2D eigenvalue weighted by molar-refractivity contribution is -0.0498. The van der Waals surface area contributed by atoms with Crippen LogP contribution in [0.2, 0.25) is 0 Å².